The summed E-state index contributed by atoms with van der Waals surface area (Å²) < 4.78 is 4.63. The van der Waals surface area contributed by atoms with E-state index in [1.165, 1.54) is 7.11 Å². The Morgan fingerprint density at radius 1 is 1.69 bits per heavy atom. The molecule has 1 aliphatic rings. The average Bonchev–Trinajstić information content (AvgIpc) is 2.52. The quantitative estimate of drug-likeness (QED) is 0.557. The molecule has 1 aliphatic heterocycles. The number of ether oxygens (including phenoxy) is 1. The maximum absolute atomic E-state index is 11.1. The highest BCUT2D eigenvalue weighted by Crippen LogP contribution is 2.15. The molecule has 1 saturated heterocycles. The second-order valence-corrected chi connectivity index (χ2v) is 3.04. The lowest BCUT2D eigenvalue weighted by atomic mass is 10.1. The molecule has 1 fully saturated rings. The van der Waals surface area contributed by atoms with Gasteiger partial charge in [-0.1, -0.05) is 6.08 Å². The lowest BCUT2D eigenvalue weighted by molar-refractivity contribution is -0.142. The third kappa shape index (κ3) is 3.36. The van der Waals surface area contributed by atoms with Gasteiger partial charge in [-0.2, -0.15) is 0 Å². The molecule has 0 radical (unpaired) electrons. The van der Waals surface area contributed by atoms with Gasteiger partial charge in [0.05, 0.1) is 7.11 Å². The standard InChI is InChI=1S/C9H15NO2.ClH/c1-3-4-7-5-6-8(10-7)9(11)12-2;/h3,7-8,10H,1,4-6H2,2H3;1H/t7?,8-;/m0./s1. The number of rotatable bonds is 3. The summed E-state index contributed by atoms with van der Waals surface area (Å²) in [5.41, 5.74) is 0. The summed E-state index contributed by atoms with van der Waals surface area (Å²) in [5, 5.41) is 3.20. The highest BCUT2D eigenvalue weighted by Gasteiger charge is 2.28. The third-order valence-corrected chi connectivity index (χ3v) is 2.18. The van der Waals surface area contributed by atoms with Crippen LogP contribution in [0.25, 0.3) is 0 Å². The zero-order chi connectivity index (χ0) is 8.97. The summed E-state index contributed by atoms with van der Waals surface area (Å²) in [6, 6.07) is 0.312. The van der Waals surface area contributed by atoms with Crippen molar-refractivity contribution in [2.45, 2.75) is 31.3 Å². The second kappa shape index (κ2) is 6.00. The van der Waals surface area contributed by atoms with Gasteiger partial charge in [-0.3, -0.25) is 4.79 Å². The molecule has 0 aromatic heterocycles. The Morgan fingerprint density at radius 3 is 2.92 bits per heavy atom. The number of methoxy groups -OCH3 is 1. The number of carbonyl (C=O) groups is 1. The first-order valence-corrected chi connectivity index (χ1v) is 4.22. The molecule has 3 nitrogen and oxygen atoms in total. The van der Waals surface area contributed by atoms with Crippen LogP contribution >= 0.6 is 12.4 Å². The van der Waals surface area contributed by atoms with E-state index in [-0.39, 0.29) is 24.4 Å². The molecule has 0 bridgehead atoms. The summed E-state index contributed by atoms with van der Waals surface area (Å²) in [6.45, 7) is 3.66. The van der Waals surface area contributed by atoms with E-state index in [1.807, 2.05) is 6.08 Å². The Kier molecular flexibility index (Phi) is 5.75. The van der Waals surface area contributed by atoms with Crippen molar-refractivity contribution in [3.63, 3.8) is 0 Å². The van der Waals surface area contributed by atoms with E-state index >= 15 is 0 Å². The molecular weight excluding hydrogens is 190 g/mol. The molecule has 1 unspecified atom stereocenters. The van der Waals surface area contributed by atoms with E-state index in [2.05, 4.69) is 16.6 Å². The first-order valence-electron chi connectivity index (χ1n) is 4.22. The van der Waals surface area contributed by atoms with Crippen molar-refractivity contribution in [2.75, 3.05) is 7.11 Å². The van der Waals surface area contributed by atoms with Crippen LogP contribution in [0.5, 0.6) is 0 Å². The Morgan fingerprint density at radius 2 is 2.38 bits per heavy atom. The van der Waals surface area contributed by atoms with Crippen LogP contribution in [-0.2, 0) is 9.53 Å². The molecule has 0 saturated carbocycles. The monoisotopic (exact) mass is 205 g/mol. The fourth-order valence-corrected chi connectivity index (χ4v) is 1.53. The predicted molar refractivity (Wildman–Crippen MR) is 54.0 cm³/mol. The zero-order valence-corrected chi connectivity index (χ0v) is 8.60. The van der Waals surface area contributed by atoms with E-state index in [9.17, 15) is 4.79 Å². The molecular formula is C9H16ClNO2. The molecule has 2 atom stereocenters. The van der Waals surface area contributed by atoms with Gasteiger partial charge in [-0.15, -0.1) is 19.0 Å². The molecule has 1 rings (SSSR count). The zero-order valence-electron chi connectivity index (χ0n) is 7.79. The van der Waals surface area contributed by atoms with Gasteiger partial charge in [0.2, 0.25) is 0 Å². The first kappa shape index (κ1) is 12.5. The molecule has 13 heavy (non-hydrogen) atoms. The van der Waals surface area contributed by atoms with E-state index in [0.29, 0.717) is 6.04 Å². The minimum absolute atomic E-state index is 0. The summed E-state index contributed by atoms with van der Waals surface area (Å²) in [4.78, 5) is 11.1. The number of carbonyl (C=O) groups excluding carboxylic acids is 1. The Labute approximate surface area is 84.9 Å². The lowest BCUT2D eigenvalue weighted by Crippen LogP contribution is -2.35. The van der Waals surface area contributed by atoms with E-state index in [1.54, 1.807) is 0 Å². The number of esters is 1. The van der Waals surface area contributed by atoms with Gasteiger partial charge in [-0.25, -0.2) is 0 Å². The Balaban J connectivity index is 0.00000144. The van der Waals surface area contributed by atoms with Crippen molar-refractivity contribution >= 4 is 18.4 Å². The molecule has 0 amide bonds. The van der Waals surface area contributed by atoms with Gasteiger partial charge >= 0.3 is 5.97 Å². The third-order valence-electron chi connectivity index (χ3n) is 2.18. The predicted octanol–water partition coefficient (Wildman–Crippen LogP) is 1.28. The van der Waals surface area contributed by atoms with Gasteiger partial charge < -0.3 is 10.1 Å². The minimum atomic E-state index is -0.151. The van der Waals surface area contributed by atoms with Gasteiger partial charge in [0.15, 0.2) is 0 Å². The Hall–Kier alpha value is -0.540. The summed E-state index contributed by atoms with van der Waals surface area (Å²) >= 11 is 0. The van der Waals surface area contributed by atoms with Crippen LogP contribution in [0.1, 0.15) is 19.3 Å². The van der Waals surface area contributed by atoms with Crippen LogP contribution in [0.3, 0.4) is 0 Å². The van der Waals surface area contributed by atoms with E-state index in [4.69, 9.17) is 0 Å². The van der Waals surface area contributed by atoms with Crippen LogP contribution in [0.15, 0.2) is 12.7 Å². The maximum Gasteiger partial charge on any atom is 0.322 e. The van der Waals surface area contributed by atoms with E-state index in [0.717, 1.165) is 19.3 Å². The van der Waals surface area contributed by atoms with Crippen molar-refractivity contribution in [3.8, 4) is 0 Å². The summed E-state index contributed by atoms with van der Waals surface area (Å²) in [6.07, 6.45) is 4.71. The lowest BCUT2D eigenvalue weighted by Gasteiger charge is -2.10. The smallest absolute Gasteiger partial charge is 0.322 e. The van der Waals surface area contributed by atoms with E-state index < -0.39 is 0 Å². The maximum atomic E-state index is 11.1. The molecule has 0 spiro atoms. The fraction of sp³-hybridized carbons (Fsp3) is 0.667. The number of hydrogen-bond donors (Lipinski definition) is 1. The highest BCUT2D eigenvalue weighted by molar-refractivity contribution is 5.85. The van der Waals surface area contributed by atoms with Crippen molar-refractivity contribution in [1.29, 1.82) is 0 Å². The van der Waals surface area contributed by atoms with Gasteiger partial charge in [0, 0.05) is 6.04 Å². The molecule has 76 valence electrons. The second-order valence-electron chi connectivity index (χ2n) is 3.04. The largest absolute Gasteiger partial charge is 0.468 e. The molecule has 0 aromatic carbocycles. The van der Waals surface area contributed by atoms with Crippen molar-refractivity contribution in [2.24, 2.45) is 0 Å². The molecule has 1 N–H and O–H groups in total. The first-order chi connectivity index (χ1) is 5.77. The molecule has 1 heterocycles. The molecule has 0 aliphatic carbocycles. The van der Waals surface area contributed by atoms with Gasteiger partial charge in [0.25, 0.3) is 0 Å². The SMILES string of the molecule is C=CCC1CC[C@@H](C(=O)OC)N1.Cl. The van der Waals surface area contributed by atoms with Crippen molar-refractivity contribution in [1.82, 2.24) is 5.32 Å². The summed E-state index contributed by atoms with van der Waals surface area (Å²) in [5.74, 6) is -0.151. The number of hydrogen-bond acceptors (Lipinski definition) is 3. The van der Waals surface area contributed by atoms with Crippen LogP contribution in [0, 0.1) is 0 Å². The van der Waals surface area contributed by atoms with Crippen LogP contribution in [0.4, 0.5) is 0 Å². The number of nitrogens with one attached hydrogen (secondary N) is 1. The topological polar surface area (TPSA) is 38.3 Å². The van der Waals surface area contributed by atoms with Gasteiger partial charge in [0.1, 0.15) is 6.04 Å². The van der Waals surface area contributed by atoms with Crippen LogP contribution in [-0.4, -0.2) is 25.2 Å². The average molecular weight is 206 g/mol. The Bertz CT molecular complexity index is 184. The fourth-order valence-electron chi connectivity index (χ4n) is 1.53. The minimum Gasteiger partial charge on any atom is -0.468 e. The molecule has 4 heteroatoms. The summed E-state index contributed by atoms with van der Waals surface area (Å²) in [7, 11) is 1.42. The van der Waals surface area contributed by atoms with Crippen molar-refractivity contribution in [3.05, 3.63) is 12.7 Å². The normalized spacial score (nSPS) is 26.2. The number of halogens is 1. The highest BCUT2D eigenvalue weighted by atomic mass is 35.5. The van der Waals surface area contributed by atoms with Crippen molar-refractivity contribution < 1.29 is 9.53 Å². The molecule has 0 aromatic rings. The van der Waals surface area contributed by atoms with Crippen LogP contribution < -0.4 is 5.32 Å². The van der Waals surface area contributed by atoms with Crippen LogP contribution in [0.2, 0.25) is 0 Å². The van der Waals surface area contributed by atoms with Gasteiger partial charge in [-0.05, 0) is 19.3 Å².